The van der Waals surface area contributed by atoms with Gasteiger partial charge in [0.1, 0.15) is 5.78 Å². The summed E-state index contributed by atoms with van der Waals surface area (Å²) < 4.78 is 28.6. The first-order valence-electron chi connectivity index (χ1n) is 12.5. The van der Waals surface area contributed by atoms with Gasteiger partial charge in [0, 0.05) is 22.9 Å². The van der Waals surface area contributed by atoms with Gasteiger partial charge in [0.05, 0.1) is 29.4 Å². The van der Waals surface area contributed by atoms with Crippen LogP contribution in [0.2, 0.25) is 33.2 Å². The van der Waals surface area contributed by atoms with E-state index in [2.05, 4.69) is 103 Å². The Morgan fingerprint density at radius 3 is 0.917 bits per heavy atom. The van der Waals surface area contributed by atoms with Gasteiger partial charge in [0.25, 0.3) is 0 Å². The molecule has 8 heteroatoms. The number of fused-ring (bicyclic) bond motifs is 1. The molecule has 0 aromatic rings. The van der Waals surface area contributed by atoms with Crippen LogP contribution in [0.15, 0.2) is 0 Å². The van der Waals surface area contributed by atoms with Gasteiger partial charge in [-0.1, -0.05) is 83.1 Å². The van der Waals surface area contributed by atoms with Crippen LogP contribution in [0.1, 0.15) is 83.1 Å². The average molecular weight is 575 g/mol. The molecule has 0 aromatic carbocycles. The van der Waals surface area contributed by atoms with E-state index < -0.39 is 16.1 Å². The molecule has 36 heavy (non-hydrogen) atoms. The summed E-state index contributed by atoms with van der Waals surface area (Å²) >= 11 is 0. The van der Waals surface area contributed by atoms with Crippen LogP contribution >= 0.6 is 0 Å². The molecule has 5 nitrogen and oxygen atoms in total. The van der Waals surface area contributed by atoms with E-state index in [4.69, 9.17) is 18.7 Å². The van der Waals surface area contributed by atoms with Crippen LogP contribution in [0, 0.1) is 42.9 Å². The van der Waals surface area contributed by atoms with Crippen molar-refractivity contribution in [2.75, 3.05) is 13.2 Å². The summed E-state index contributed by atoms with van der Waals surface area (Å²) in [6, 6.07) is 0. The summed E-state index contributed by atoms with van der Waals surface area (Å²) in [7, 11) is -4.08. The molecule has 1 saturated carbocycles. The molecule has 0 spiro atoms. The quantitative estimate of drug-likeness (QED) is 0.174. The van der Waals surface area contributed by atoms with Crippen LogP contribution < -0.4 is 0 Å². The van der Waals surface area contributed by atoms with Crippen molar-refractivity contribution in [3.05, 3.63) is 42.9 Å². The van der Waals surface area contributed by atoms with Gasteiger partial charge in [0.2, 0.25) is 0 Å². The predicted octanol–water partition coefficient (Wildman–Crippen LogP) is 7.22. The monoisotopic (exact) mass is 574 g/mol. The Morgan fingerprint density at radius 1 is 0.556 bits per heavy atom. The second kappa shape index (κ2) is 17.4. The van der Waals surface area contributed by atoms with Gasteiger partial charge in [0.15, 0.2) is 0 Å². The fourth-order valence-corrected chi connectivity index (χ4v) is 22.0. The summed E-state index contributed by atoms with van der Waals surface area (Å²) in [6.07, 6.45) is 0. The second-order valence-corrected chi connectivity index (χ2v) is 23.0. The smallest absolute Gasteiger partial charge is 2.00 e. The molecule has 0 N–H and O–H groups in total. The maximum atomic E-state index is 14.5. The van der Waals surface area contributed by atoms with Crippen LogP contribution in [0.4, 0.5) is 0 Å². The fourth-order valence-electron chi connectivity index (χ4n) is 7.92. The van der Waals surface area contributed by atoms with Crippen molar-refractivity contribution >= 4 is 21.9 Å². The minimum atomic E-state index is -2.04. The Balaban J connectivity index is -0.00000144. The van der Waals surface area contributed by atoms with Crippen molar-refractivity contribution in [2.45, 2.75) is 116 Å². The molecule has 1 saturated heterocycles. The van der Waals surface area contributed by atoms with Crippen LogP contribution in [0.25, 0.3) is 0 Å². The SMILES string of the molecule is CC(C)[Si]([C]1[C]2COC[C]2[C]([Si](C(C)C)(C(C)C)C(C)C)C1=O)(C(C)C)C(C)C.[C-]#[O+].[C-]#[O+].[C-]#[O+].[Fe+2]. The largest absolute Gasteiger partial charge is 2.00 e. The molecular weight excluding hydrogens is 528 g/mol. The summed E-state index contributed by atoms with van der Waals surface area (Å²) in [5.74, 6) is 3.11. The molecule has 0 unspecified atom stereocenters. The van der Waals surface area contributed by atoms with Crippen LogP contribution in [-0.2, 0) is 40.6 Å². The molecule has 0 amide bonds. The van der Waals surface area contributed by atoms with Crippen molar-refractivity contribution in [3.63, 3.8) is 0 Å². The molecule has 2 rings (SSSR count). The molecule has 202 valence electrons. The summed E-state index contributed by atoms with van der Waals surface area (Å²) in [5, 5.41) is 0. The van der Waals surface area contributed by atoms with E-state index in [0.29, 0.717) is 52.2 Å². The van der Waals surface area contributed by atoms with Gasteiger partial charge < -0.3 is 4.74 Å². The number of carbonyl (C=O) groups excluding carboxylic acids is 1. The third kappa shape index (κ3) is 6.68. The summed E-state index contributed by atoms with van der Waals surface area (Å²) in [5.41, 5.74) is 5.79. The number of carbonyl (C=O) groups is 1. The van der Waals surface area contributed by atoms with E-state index in [1.54, 1.807) is 0 Å². The van der Waals surface area contributed by atoms with Crippen molar-refractivity contribution < 1.29 is 40.6 Å². The molecule has 1 aliphatic heterocycles. The van der Waals surface area contributed by atoms with Crippen LogP contribution in [-0.4, -0.2) is 35.1 Å². The maximum absolute atomic E-state index is 14.5. The Labute approximate surface area is 234 Å². The molecule has 4 radical (unpaired) electrons. The van der Waals surface area contributed by atoms with Gasteiger partial charge in [-0.05, 0) is 33.2 Å². The van der Waals surface area contributed by atoms with Crippen molar-refractivity contribution in [1.29, 1.82) is 0 Å². The predicted molar refractivity (Wildman–Crippen MR) is 143 cm³/mol. The standard InChI is InChI=1S/C25H46O2Si2.3CO.Fe/c1-15(2)28(16(3)4,17(5)6)24-21-13-27-14-22(21)25(23(24)26)29(18(7)8,19(9)10)20(11)12;3*1-2;/h15-20H,13-14H2,1-12H3;;;;/q;;;;+2. The van der Waals surface area contributed by atoms with E-state index in [-0.39, 0.29) is 17.1 Å². The first kappa shape index (κ1) is 40.3. The third-order valence-electron chi connectivity index (χ3n) is 8.51. The minimum absolute atomic E-state index is 0. The van der Waals surface area contributed by atoms with E-state index in [1.165, 1.54) is 22.9 Å². The van der Waals surface area contributed by atoms with E-state index >= 15 is 0 Å². The van der Waals surface area contributed by atoms with Crippen molar-refractivity contribution in [2.24, 2.45) is 0 Å². The van der Waals surface area contributed by atoms with Crippen LogP contribution in [0.5, 0.6) is 0 Å². The maximum Gasteiger partial charge on any atom is 2.00 e. The van der Waals surface area contributed by atoms with Gasteiger partial charge >= 0.3 is 51.0 Å². The first-order valence-corrected chi connectivity index (χ1v) is 17.0. The second-order valence-electron chi connectivity index (χ2n) is 11.3. The van der Waals surface area contributed by atoms with Gasteiger partial charge in [-0.3, -0.25) is 4.79 Å². The van der Waals surface area contributed by atoms with Gasteiger partial charge in [-0.25, -0.2) is 0 Å². The third-order valence-corrected chi connectivity index (χ3v) is 22.8. The molecule has 1 aliphatic carbocycles. The molecular formula is C28H46FeO5Si2+2. The number of Topliss-reactive ketones (excluding diaryl/α,β-unsaturated/α-hetero) is 1. The van der Waals surface area contributed by atoms with E-state index in [1.807, 2.05) is 0 Å². The number of rotatable bonds is 8. The zero-order chi connectivity index (χ0) is 28.5. The Morgan fingerprint density at radius 2 is 0.750 bits per heavy atom. The van der Waals surface area contributed by atoms with E-state index in [9.17, 15) is 4.79 Å². The fraction of sp³-hybridized carbons (Fsp3) is 0.714. The summed E-state index contributed by atoms with van der Waals surface area (Å²) in [6.45, 7) is 43.3. The van der Waals surface area contributed by atoms with Crippen molar-refractivity contribution in [1.82, 2.24) is 0 Å². The Hall–Kier alpha value is -0.197. The normalized spacial score (nSPS) is 17.4. The minimum Gasteiger partial charge on any atom is 2.00 e. The Bertz CT molecular complexity index is 607. The number of ether oxygens (including phenoxy) is 1. The zero-order valence-corrected chi connectivity index (χ0v) is 27.4. The number of ketones is 1. The van der Waals surface area contributed by atoms with Crippen LogP contribution in [0.3, 0.4) is 0 Å². The molecule has 0 aromatic heterocycles. The topological polar surface area (TPSA) is 86.0 Å². The van der Waals surface area contributed by atoms with Gasteiger partial charge in [-0.15, -0.1) is 0 Å². The molecule has 0 bridgehead atoms. The number of hydrogen-bond acceptors (Lipinski definition) is 2. The van der Waals surface area contributed by atoms with E-state index in [0.717, 1.165) is 0 Å². The molecule has 2 aliphatic rings. The zero-order valence-electron chi connectivity index (χ0n) is 24.3. The van der Waals surface area contributed by atoms with Gasteiger partial charge in [-0.2, -0.15) is 0 Å². The van der Waals surface area contributed by atoms with Crippen molar-refractivity contribution in [3.8, 4) is 0 Å². The first-order chi connectivity index (χ1) is 16.3. The summed E-state index contributed by atoms with van der Waals surface area (Å²) in [4.78, 5) is 14.5. The molecule has 2 fully saturated rings. The Kier molecular flexibility index (Phi) is 19.5. The number of hydrogen-bond donors (Lipinski definition) is 0. The average Bonchev–Trinajstić information content (AvgIpc) is 3.35. The molecule has 0 atom stereocenters. The molecule has 1 heterocycles.